The number of hydrogen-bond donors (Lipinski definition) is 0. The molecule has 5 heteroatoms. The van der Waals surface area contributed by atoms with Gasteiger partial charge < -0.3 is 13.6 Å². The van der Waals surface area contributed by atoms with Crippen molar-refractivity contribution in [3.63, 3.8) is 0 Å². The predicted octanol–water partition coefficient (Wildman–Crippen LogP) is 1.88. The quantitative estimate of drug-likeness (QED) is 0.515. The maximum Gasteiger partial charge on any atom is 0.332 e. The molecule has 0 aromatic rings. The van der Waals surface area contributed by atoms with Crippen LogP contribution in [0, 0.1) is 0 Å². The maximum atomic E-state index is 4.88. The molecule has 0 heterocycles. The summed E-state index contributed by atoms with van der Waals surface area (Å²) in [5.74, 6) is 0. The van der Waals surface area contributed by atoms with E-state index in [1.807, 2.05) is 0 Å². The average molecular weight is 203 g/mol. The van der Waals surface area contributed by atoms with Gasteiger partial charge in [0.1, 0.15) is 5.52 Å². The number of hydrogen-bond acceptors (Lipinski definition) is 3. The highest BCUT2D eigenvalue weighted by Gasteiger charge is 2.03. The van der Waals surface area contributed by atoms with E-state index in [9.17, 15) is 0 Å². The van der Waals surface area contributed by atoms with Gasteiger partial charge in [0.2, 0.25) is 0 Å². The maximum absolute atomic E-state index is 4.88. The van der Waals surface area contributed by atoms with Gasteiger partial charge in [-0.15, -0.1) is 0 Å². The van der Waals surface area contributed by atoms with Crippen LogP contribution in [0.25, 0.3) is 0 Å². The van der Waals surface area contributed by atoms with E-state index in [-0.39, 0.29) is 0 Å². The van der Waals surface area contributed by atoms with Crippen LogP contribution in [-0.4, -0.2) is 19.7 Å². The van der Waals surface area contributed by atoms with Crippen LogP contribution in [0.1, 0.15) is 0 Å². The topological polar surface area (TPSA) is 27.7 Å². The van der Waals surface area contributed by atoms with Crippen LogP contribution in [0.3, 0.4) is 0 Å². The lowest BCUT2D eigenvalue weighted by Crippen LogP contribution is -1.85. The highest BCUT2D eigenvalue weighted by molar-refractivity contribution is 9.09. The van der Waals surface area contributed by atoms with Crippen LogP contribution in [0.5, 0.6) is 0 Å². The van der Waals surface area contributed by atoms with Crippen LogP contribution >= 0.6 is 24.5 Å². The summed E-state index contributed by atoms with van der Waals surface area (Å²) in [6, 6.07) is 0. The van der Waals surface area contributed by atoms with E-state index < -0.39 is 8.60 Å². The monoisotopic (exact) mass is 202 g/mol. The SMILES string of the molecule is COP(OC)OCBr. The largest absolute Gasteiger partial charge is 0.332 e. The lowest BCUT2D eigenvalue weighted by atomic mass is 11.8. The van der Waals surface area contributed by atoms with Crippen molar-refractivity contribution in [1.82, 2.24) is 0 Å². The molecular formula is C3H8BrO3P. The van der Waals surface area contributed by atoms with E-state index in [2.05, 4.69) is 15.9 Å². The molecule has 0 aliphatic heterocycles. The van der Waals surface area contributed by atoms with Crippen LogP contribution in [0.4, 0.5) is 0 Å². The Morgan fingerprint density at radius 3 is 2.00 bits per heavy atom. The Hall–Kier alpha value is 0.790. The Morgan fingerprint density at radius 1 is 1.38 bits per heavy atom. The fourth-order valence-electron chi connectivity index (χ4n) is 0.220. The first-order chi connectivity index (χ1) is 3.85. The fourth-order valence-corrected chi connectivity index (χ4v) is 1.16. The van der Waals surface area contributed by atoms with Gasteiger partial charge in [-0.05, 0) is 0 Å². The van der Waals surface area contributed by atoms with Crippen LogP contribution in [0.2, 0.25) is 0 Å². The van der Waals surface area contributed by atoms with Crippen molar-refractivity contribution in [2.24, 2.45) is 0 Å². The summed E-state index contributed by atoms with van der Waals surface area (Å²) in [5, 5.41) is 0. The van der Waals surface area contributed by atoms with E-state index in [0.717, 1.165) is 0 Å². The molecule has 0 N–H and O–H groups in total. The average Bonchev–Trinajstić information content (AvgIpc) is 1.83. The summed E-state index contributed by atoms with van der Waals surface area (Å²) in [6.07, 6.45) is 0. The van der Waals surface area contributed by atoms with Crippen molar-refractivity contribution in [3.05, 3.63) is 0 Å². The molecule has 0 aromatic heterocycles. The highest BCUT2D eigenvalue weighted by atomic mass is 79.9. The molecule has 0 bridgehead atoms. The summed E-state index contributed by atoms with van der Waals surface area (Å²) < 4.78 is 14.3. The normalized spacial score (nSPS) is 10.5. The Balaban J connectivity index is 3.07. The Labute approximate surface area is 58.4 Å². The van der Waals surface area contributed by atoms with E-state index in [4.69, 9.17) is 13.6 Å². The van der Waals surface area contributed by atoms with Crippen LogP contribution < -0.4 is 0 Å². The lowest BCUT2D eigenvalue weighted by molar-refractivity contribution is 0.234. The molecule has 3 nitrogen and oxygen atoms in total. The molecular weight excluding hydrogens is 195 g/mol. The molecule has 50 valence electrons. The molecule has 0 aliphatic rings. The molecule has 0 rings (SSSR count). The molecule has 0 saturated heterocycles. The fraction of sp³-hybridized carbons (Fsp3) is 1.00. The molecule has 0 spiro atoms. The van der Waals surface area contributed by atoms with Crippen LogP contribution in [0.15, 0.2) is 0 Å². The third kappa shape index (κ3) is 3.75. The third-order valence-electron chi connectivity index (χ3n) is 0.452. The molecule has 0 atom stereocenters. The first-order valence-corrected chi connectivity index (χ1v) is 4.14. The zero-order chi connectivity index (χ0) is 6.41. The van der Waals surface area contributed by atoms with Gasteiger partial charge in [-0.1, -0.05) is 15.9 Å². The summed E-state index contributed by atoms with van der Waals surface area (Å²) in [4.78, 5) is 0. The molecule has 0 aromatic carbocycles. The lowest BCUT2D eigenvalue weighted by Gasteiger charge is -2.07. The zero-order valence-electron chi connectivity index (χ0n) is 4.76. The van der Waals surface area contributed by atoms with Gasteiger partial charge in [-0.3, -0.25) is 0 Å². The van der Waals surface area contributed by atoms with Gasteiger partial charge in [0.15, 0.2) is 0 Å². The third-order valence-corrected chi connectivity index (χ3v) is 1.97. The Kier molecular flexibility index (Phi) is 6.50. The van der Waals surface area contributed by atoms with Crippen molar-refractivity contribution in [3.8, 4) is 0 Å². The van der Waals surface area contributed by atoms with E-state index >= 15 is 0 Å². The molecule has 0 unspecified atom stereocenters. The van der Waals surface area contributed by atoms with Crippen molar-refractivity contribution in [2.45, 2.75) is 0 Å². The molecule has 0 fully saturated rings. The van der Waals surface area contributed by atoms with Crippen molar-refractivity contribution in [2.75, 3.05) is 19.7 Å². The highest BCUT2D eigenvalue weighted by Crippen LogP contribution is 2.37. The first-order valence-electron chi connectivity index (χ1n) is 1.92. The van der Waals surface area contributed by atoms with Gasteiger partial charge in [0, 0.05) is 14.2 Å². The van der Waals surface area contributed by atoms with E-state index in [1.165, 1.54) is 14.2 Å². The van der Waals surface area contributed by atoms with E-state index in [1.54, 1.807) is 0 Å². The summed E-state index contributed by atoms with van der Waals surface area (Å²) >= 11 is 3.07. The zero-order valence-corrected chi connectivity index (χ0v) is 7.24. The summed E-state index contributed by atoms with van der Waals surface area (Å²) in [7, 11) is 1.98. The summed E-state index contributed by atoms with van der Waals surface area (Å²) in [5.41, 5.74) is 0.445. The second-order valence-corrected chi connectivity index (χ2v) is 2.72. The minimum Gasteiger partial charge on any atom is -0.316 e. The second-order valence-electron chi connectivity index (χ2n) is 0.827. The molecule has 0 radical (unpaired) electrons. The standard InChI is InChI=1S/C3H8BrO3P/c1-5-8(6-2)7-3-4/h3H2,1-2H3. The minimum absolute atomic E-state index is 0.445. The first kappa shape index (κ1) is 8.79. The molecule has 0 saturated carbocycles. The predicted molar refractivity (Wildman–Crippen MR) is 35.8 cm³/mol. The van der Waals surface area contributed by atoms with Crippen molar-refractivity contribution < 1.29 is 13.6 Å². The molecule has 8 heavy (non-hydrogen) atoms. The second kappa shape index (κ2) is 5.92. The minimum atomic E-state index is -1.10. The Bertz CT molecular complexity index is 49.8. The number of rotatable bonds is 4. The van der Waals surface area contributed by atoms with Gasteiger partial charge in [0.05, 0.1) is 0 Å². The van der Waals surface area contributed by atoms with E-state index in [0.29, 0.717) is 5.52 Å². The molecule has 0 aliphatic carbocycles. The van der Waals surface area contributed by atoms with Crippen molar-refractivity contribution in [1.29, 1.82) is 0 Å². The van der Waals surface area contributed by atoms with Gasteiger partial charge >= 0.3 is 8.60 Å². The van der Waals surface area contributed by atoms with Crippen molar-refractivity contribution >= 4 is 24.5 Å². The number of alkyl halides is 1. The smallest absolute Gasteiger partial charge is 0.316 e. The van der Waals surface area contributed by atoms with Gasteiger partial charge in [-0.2, -0.15) is 0 Å². The Morgan fingerprint density at radius 2 is 1.88 bits per heavy atom. The van der Waals surface area contributed by atoms with Gasteiger partial charge in [-0.25, -0.2) is 0 Å². The van der Waals surface area contributed by atoms with Crippen LogP contribution in [-0.2, 0) is 13.6 Å². The number of halogens is 1. The summed E-state index contributed by atoms with van der Waals surface area (Å²) in [6.45, 7) is 0. The molecule has 0 amide bonds. The van der Waals surface area contributed by atoms with Gasteiger partial charge in [0.25, 0.3) is 0 Å².